The van der Waals surface area contributed by atoms with Crippen molar-refractivity contribution in [1.29, 1.82) is 0 Å². The lowest BCUT2D eigenvalue weighted by Crippen LogP contribution is -2.18. The van der Waals surface area contributed by atoms with Crippen molar-refractivity contribution in [1.82, 2.24) is 10.6 Å². The average molecular weight is 329 g/mol. The molecule has 0 radical (unpaired) electrons. The van der Waals surface area contributed by atoms with Gasteiger partial charge < -0.3 is 21.5 Å². The summed E-state index contributed by atoms with van der Waals surface area (Å²) in [7, 11) is 0. The van der Waals surface area contributed by atoms with Gasteiger partial charge in [0.2, 0.25) is 0 Å². The lowest BCUT2D eigenvalue weighted by molar-refractivity contribution is 0.462. The van der Waals surface area contributed by atoms with Crippen LogP contribution >= 0.6 is 0 Å². The van der Waals surface area contributed by atoms with Gasteiger partial charge in [-0.2, -0.15) is 0 Å². The maximum atomic E-state index is 10.7. The number of rotatable bonds is 9. The molecule has 4 heteroatoms. The second-order valence-electron chi connectivity index (χ2n) is 6.46. The Morgan fingerprint density at radius 3 is 2.50 bits per heavy atom. The number of aromatic hydroxyl groups is 1. The van der Waals surface area contributed by atoms with E-state index in [-0.39, 0.29) is 5.92 Å². The molecule has 0 fully saturated rings. The zero-order chi connectivity index (χ0) is 18.1. The maximum absolute atomic E-state index is 10.7. The monoisotopic (exact) mass is 329 g/mol. The molecule has 4 nitrogen and oxygen atoms in total. The topological polar surface area (TPSA) is 70.3 Å². The molecule has 0 amide bonds. The second-order valence-corrected chi connectivity index (χ2v) is 6.46. The largest absolute Gasteiger partial charge is 0.507 e. The molecule has 0 aliphatic heterocycles. The van der Waals surface area contributed by atoms with E-state index < -0.39 is 0 Å². The highest BCUT2D eigenvalue weighted by molar-refractivity contribution is 5.71. The first-order chi connectivity index (χ1) is 11.4. The molecule has 0 aliphatic carbocycles. The highest BCUT2D eigenvalue weighted by atomic mass is 16.3. The van der Waals surface area contributed by atoms with E-state index in [1.54, 1.807) is 6.20 Å². The molecule has 0 atom stereocenters. The number of benzene rings is 1. The van der Waals surface area contributed by atoms with Gasteiger partial charge in [0.05, 0.1) is 5.70 Å². The van der Waals surface area contributed by atoms with E-state index in [0.717, 1.165) is 36.3 Å². The van der Waals surface area contributed by atoms with Crippen LogP contribution in [-0.4, -0.2) is 18.2 Å². The van der Waals surface area contributed by atoms with Crippen molar-refractivity contribution in [3.8, 4) is 5.75 Å². The summed E-state index contributed by atoms with van der Waals surface area (Å²) in [6, 6.07) is 4.12. The van der Waals surface area contributed by atoms with Crippen LogP contribution in [0.5, 0.6) is 5.75 Å². The van der Waals surface area contributed by atoms with Gasteiger partial charge in [-0.15, -0.1) is 5.73 Å². The third kappa shape index (κ3) is 5.39. The number of phenolic OH excluding ortho intramolecular Hbond substituents is 1. The predicted octanol–water partition coefficient (Wildman–Crippen LogP) is 3.76. The van der Waals surface area contributed by atoms with Gasteiger partial charge >= 0.3 is 0 Å². The maximum Gasteiger partial charge on any atom is 0.129 e. The van der Waals surface area contributed by atoms with Gasteiger partial charge in [-0.25, -0.2) is 0 Å². The SMILES string of the molecule is C=C=C(NCCCN/C=C\N)c1cc(C(C)C)cc(C(C)C)c1O. The molecule has 0 saturated carbocycles. The minimum atomic E-state index is 0.251. The standard InChI is InChI=1S/C20H31N3O/c1-6-19(23-10-7-9-22-11-8-21)18-13-16(14(2)3)12-17(15(4)5)20(18)24/h8,11-15,22-24H,1,7,9-10,21H2,2-5H3/b11-8-. The highest BCUT2D eigenvalue weighted by Crippen LogP contribution is 2.35. The lowest BCUT2D eigenvalue weighted by Gasteiger charge is -2.19. The minimum absolute atomic E-state index is 0.251. The van der Waals surface area contributed by atoms with E-state index in [2.05, 4.69) is 56.7 Å². The molecule has 0 unspecified atom stereocenters. The first kappa shape index (κ1) is 19.7. The second kappa shape index (κ2) is 9.74. The quantitative estimate of drug-likeness (QED) is 0.411. The summed E-state index contributed by atoms with van der Waals surface area (Å²) in [5.74, 6) is 0.957. The molecule has 0 aliphatic rings. The van der Waals surface area contributed by atoms with Crippen LogP contribution in [0.4, 0.5) is 0 Å². The molecule has 1 aromatic rings. The molecule has 0 bridgehead atoms. The Hall–Kier alpha value is -2.32. The van der Waals surface area contributed by atoms with Crippen LogP contribution < -0.4 is 16.4 Å². The summed E-state index contributed by atoms with van der Waals surface area (Å²) in [6.07, 6.45) is 4.11. The Balaban J connectivity index is 2.98. The summed E-state index contributed by atoms with van der Waals surface area (Å²) < 4.78 is 0. The van der Waals surface area contributed by atoms with E-state index in [4.69, 9.17) is 5.73 Å². The molecular formula is C20H31N3O. The van der Waals surface area contributed by atoms with E-state index in [9.17, 15) is 5.11 Å². The fraction of sp³-hybridized carbons (Fsp3) is 0.450. The van der Waals surface area contributed by atoms with Crippen LogP contribution in [0.2, 0.25) is 0 Å². The number of hydrogen-bond donors (Lipinski definition) is 4. The van der Waals surface area contributed by atoms with Crippen molar-refractivity contribution >= 4 is 5.70 Å². The van der Waals surface area contributed by atoms with Crippen molar-refractivity contribution in [2.24, 2.45) is 5.73 Å². The highest BCUT2D eigenvalue weighted by Gasteiger charge is 2.16. The smallest absolute Gasteiger partial charge is 0.129 e. The van der Waals surface area contributed by atoms with Crippen LogP contribution in [0.1, 0.15) is 62.6 Å². The molecule has 1 rings (SSSR count). The van der Waals surface area contributed by atoms with Gasteiger partial charge in [0.1, 0.15) is 5.75 Å². The van der Waals surface area contributed by atoms with Crippen molar-refractivity contribution in [3.63, 3.8) is 0 Å². The van der Waals surface area contributed by atoms with Gasteiger partial charge in [-0.3, -0.25) is 0 Å². The Kier molecular flexibility index (Phi) is 8.00. The summed E-state index contributed by atoms with van der Waals surface area (Å²) in [5, 5.41) is 17.1. The number of hydrogen-bond acceptors (Lipinski definition) is 4. The molecular weight excluding hydrogens is 298 g/mol. The van der Waals surface area contributed by atoms with E-state index in [1.165, 1.54) is 11.8 Å². The molecule has 5 N–H and O–H groups in total. The summed E-state index contributed by atoms with van der Waals surface area (Å²) in [4.78, 5) is 0. The number of phenols is 1. The van der Waals surface area contributed by atoms with Crippen LogP contribution in [0.15, 0.2) is 36.8 Å². The van der Waals surface area contributed by atoms with Crippen LogP contribution in [0.25, 0.3) is 5.70 Å². The van der Waals surface area contributed by atoms with Gasteiger partial charge in [0.15, 0.2) is 0 Å². The molecule has 1 aromatic carbocycles. The first-order valence-electron chi connectivity index (χ1n) is 8.53. The summed E-state index contributed by atoms with van der Waals surface area (Å²) in [6.45, 7) is 13.8. The molecule has 24 heavy (non-hydrogen) atoms. The van der Waals surface area contributed by atoms with Gasteiger partial charge in [-0.1, -0.05) is 40.3 Å². The lowest BCUT2D eigenvalue weighted by atomic mass is 9.91. The Morgan fingerprint density at radius 2 is 1.96 bits per heavy atom. The third-order valence-electron chi connectivity index (χ3n) is 3.91. The Morgan fingerprint density at radius 1 is 1.25 bits per heavy atom. The zero-order valence-electron chi connectivity index (χ0n) is 15.3. The Bertz CT molecular complexity index is 612. The molecule has 0 spiro atoms. The van der Waals surface area contributed by atoms with Crippen molar-refractivity contribution < 1.29 is 5.11 Å². The molecule has 0 heterocycles. The normalized spacial score (nSPS) is 11.1. The Labute approximate surface area is 146 Å². The predicted molar refractivity (Wildman–Crippen MR) is 103 cm³/mol. The van der Waals surface area contributed by atoms with Crippen molar-refractivity contribution in [2.75, 3.05) is 13.1 Å². The zero-order valence-corrected chi connectivity index (χ0v) is 15.3. The van der Waals surface area contributed by atoms with E-state index in [1.807, 2.05) is 6.07 Å². The summed E-state index contributed by atoms with van der Waals surface area (Å²) in [5.41, 5.74) is 11.9. The number of nitrogens with one attached hydrogen (secondary N) is 2. The summed E-state index contributed by atoms with van der Waals surface area (Å²) >= 11 is 0. The molecule has 0 aromatic heterocycles. The van der Waals surface area contributed by atoms with E-state index in [0.29, 0.717) is 11.7 Å². The molecule has 0 saturated heterocycles. The fourth-order valence-corrected chi connectivity index (χ4v) is 2.45. The first-order valence-corrected chi connectivity index (χ1v) is 8.53. The van der Waals surface area contributed by atoms with Crippen LogP contribution in [0.3, 0.4) is 0 Å². The van der Waals surface area contributed by atoms with Crippen molar-refractivity contribution in [2.45, 2.75) is 46.0 Å². The number of nitrogens with two attached hydrogens (primary N) is 1. The van der Waals surface area contributed by atoms with Gasteiger partial charge in [0.25, 0.3) is 0 Å². The molecule has 132 valence electrons. The van der Waals surface area contributed by atoms with E-state index >= 15 is 0 Å². The fourth-order valence-electron chi connectivity index (χ4n) is 2.45. The van der Waals surface area contributed by atoms with Crippen LogP contribution in [-0.2, 0) is 0 Å². The van der Waals surface area contributed by atoms with Gasteiger partial charge in [0, 0.05) is 31.1 Å². The average Bonchev–Trinajstić information content (AvgIpc) is 2.54. The minimum Gasteiger partial charge on any atom is -0.507 e. The third-order valence-corrected chi connectivity index (χ3v) is 3.91. The van der Waals surface area contributed by atoms with Crippen molar-refractivity contribution in [3.05, 3.63) is 53.5 Å². The van der Waals surface area contributed by atoms with Gasteiger partial charge in [-0.05, 0) is 35.4 Å². The van der Waals surface area contributed by atoms with Crippen LogP contribution in [0, 0.1) is 0 Å².